The van der Waals surface area contributed by atoms with Crippen LogP contribution in [-0.2, 0) is 6.18 Å². The van der Waals surface area contributed by atoms with E-state index in [-0.39, 0.29) is 17.3 Å². The fourth-order valence-corrected chi connectivity index (χ4v) is 2.93. The normalized spacial score (nSPS) is 15.3. The smallest absolute Gasteiger partial charge is 0.353 e. The number of halogens is 3. The molecule has 152 valence electrons. The molecule has 1 saturated heterocycles. The second kappa shape index (κ2) is 8.29. The number of benzene rings is 1. The van der Waals surface area contributed by atoms with Gasteiger partial charge in [-0.05, 0) is 18.2 Å². The summed E-state index contributed by atoms with van der Waals surface area (Å²) >= 11 is 0. The number of aliphatic imine (C=N–C) groups is 1. The highest BCUT2D eigenvalue weighted by molar-refractivity contribution is 5.96. The van der Waals surface area contributed by atoms with Gasteiger partial charge >= 0.3 is 12.1 Å². The van der Waals surface area contributed by atoms with Crippen molar-refractivity contribution in [2.45, 2.75) is 6.18 Å². The van der Waals surface area contributed by atoms with Crippen LogP contribution in [0.15, 0.2) is 59.2 Å². The molecule has 2 aromatic rings. The van der Waals surface area contributed by atoms with Crippen LogP contribution in [0, 0.1) is 0 Å². The maximum Gasteiger partial charge on any atom is 0.471 e. The third-order valence-electron chi connectivity index (χ3n) is 4.33. The van der Waals surface area contributed by atoms with Crippen LogP contribution in [0.4, 0.5) is 13.2 Å². The minimum absolute atomic E-state index is 0.229. The van der Waals surface area contributed by atoms with Crippen LogP contribution < -0.4 is 0 Å². The molecule has 3 rings (SSSR count). The second-order valence-corrected chi connectivity index (χ2v) is 6.15. The monoisotopic (exact) mass is 405 g/mol. The number of aromatic nitrogens is 2. The van der Waals surface area contributed by atoms with Crippen molar-refractivity contribution in [2.24, 2.45) is 4.99 Å². The van der Waals surface area contributed by atoms with Gasteiger partial charge in [-0.25, -0.2) is 4.99 Å². The Morgan fingerprint density at radius 1 is 1.17 bits per heavy atom. The highest BCUT2D eigenvalue weighted by Crippen LogP contribution is 2.29. The SMILES string of the molecule is C=CN=C(C=C)N1CCN(C(=O)c2cccc(-c3noc(C(F)(F)F)n3)c2)CC1. The summed E-state index contributed by atoms with van der Waals surface area (Å²) in [5.41, 5.74) is 0.596. The zero-order valence-corrected chi connectivity index (χ0v) is 15.4. The zero-order valence-electron chi connectivity index (χ0n) is 15.4. The van der Waals surface area contributed by atoms with Crippen LogP contribution in [0.5, 0.6) is 0 Å². The Balaban J connectivity index is 1.72. The first-order valence-electron chi connectivity index (χ1n) is 8.70. The van der Waals surface area contributed by atoms with E-state index in [0.717, 1.165) is 0 Å². The molecule has 7 nitrogen and oxygen atoms in total. The first kappa shape index (κ1) is 20.3. The van der Waals surface area contributed by atoms with Crippen molar-refractivity contribution in [3.05, 3.63) is 61.2 Å². The van der Waals surface area contributed by atoms with Gasteiger partial charge in [0.25, 0.3) is 5.91 Å². The van der Waals surface area contributed by atoms with Gasteiger partial charge in [-0.15, -0.1) is 0 Å². The molecule has 0 atom stereocenters. The number of hydrogen-bond donors (Lipinski definition) is 0. The van der Waals surface area contributed by atoms with Crippen LogP contribution in [0.1, 0.15) is 16.2 Å². The van der Waals surface area contributed by atoms with E-state index in [4.69, 9.17) is 0 Å². The first-order chi connectivity index (χ1) is 13.8. The summed E-state index contributed by atoms with van der Waals surface area (Å²) < 4.78 is 42.2. The van der Waals surface area contributed by atoms with Crippen molar-refractivity contribution >= 4 is 11.7 Å². The van der Waals surface area contributed by atoms with E-state index in [1.807, 2.05) is 4.90 Å². The van der Waals surface area contributed by atoms with E-state index >= 15 is 0 Å². The largest absolute Gasteiger partial charge is 0.471 e. The minimum atomic E-state index is -4.72. The summed E-state index contributed by atoms with van der Waals surface area (Å²) in [5.74, 6) is -1.20. The Bertz CT molecular complexity index is 943. The van der Waals surface area contributed by atoms with E-state index in [1.165, 1.54) is 18.3 Å². The van der Waals surface area contributed by atoms with Crippen LogP contribution in [0.2, 0.25) is 0 Å². The van der Waals surface area contributed by atoms with E-state index in [2.05, 4.69) is 32.8 Å². The molecule has 1 aliphatic rings. The molecule has 0 unspecified atom stereocenters. The van der Waals surface area contributed by atoms with Crippen LogP contribution in [-0.4, -0.2) is 57.9 Å². The number of nitrogens with zero attached hydrogens (tertiary/aromatic N) is 5. The second-order valence-electron chi connectivity index (χ2n) is 6.15. The van der Waals surface area contributed by atoms with Gasteiger partial charge in [0, 0.05) is 43.5 Å². The lowest BCUT2D eigenvalue weighted by Crippen LogP contribution is -2.50. The van der Waals surface area contributed by atoms with E-state index in [0.29, 0.717) is 37.6 Å². The standard InChI is InChI=1S/C19H18F3N5O2/c1-3-15(23-4-2)26-8-10-27(11-9-26)17(28)14-7-5-6-13(12-14)16-24-18(29-25-16)19(20,21)22/h3-7,12H,1-2,8-11H2. The molecule has 0 N–H and O–H groups in total. The first-order valence-corrected chi connectivity index (χ1v) is 8.70. The minimum Gasteiger partial charge on any atom is -0.353 e. The summed E-state index contributed by atoms with van der Waals surface area (Å²) in [5, 5.41) is 3.35. The van der Waals surface area contributed by atoms with Gasteiger partial charge in [0.05, 0.1) is 0 Å². The van der Waals surface area contributed by atoms with Gasteiger partial charge in [0.15, 0.2) is 0 Å². The molecule has 2 heterocycles. The van der Waals surface area contributed by atoms with Crippen molar-refractivity contribution in [2.75, 3.05) is 26.2 Å². The summed E-state index contributed by atoms with van der Waals surface area (Å²) in [6.07, 6.45) is -1.66. The summed E-state index contributed by atoms with van der Waals surface area (Å²) in [7, 11) is 0. The Morgan fingerprint density at radius 3 is 2.45 bits per heavy atom. The van der Waals surface area contributed by atoms with Gasteiger partial charge in [-0.1, -0.05) is 30.4 Å². The lowest BCUT2D eigenvalue weighted by molar-refractivity contribution is -0.159. The van der Waals surface area contributed by atoms with E-state index in [9.17, 15) is 18.0 Å². The number of amidine groups is 1. The Morgan fingerprint density at radius 2 is 1.86 bits per heavy atom. The zero-order chi connectivity index (χ0) is 21.0. The summed E-state index contributed by atoms with van der Waals surface area (Å²) in [6.45, 7) is 9.37. The lowest BCUT2D eigenvalue weighted by Gasteiger charge is -2.35. The maximum atomic E-state index is 12.8. The molecule has 1 aromatic heterocycles. The van der Waals surface area contributed by atoms with Gasteiger partial charge in [-0.3, -0.25) is 4.79 Å². The number of carbonyl (C=O) groups is 1. The highest BCUT2D eigenvalue weighted by Gasteiger charge is 2.38. The number of carbonyl (C=O) groups excluding carboxylic acids is 1. The molecular formula is C19H18F3N5O2. The molecule has 29 heavy (non-hydrogen) atoms. The Hall–Kier alpha value is -3.43. The number of alkyl halides is 3. The molecular weight excluding hydrogens is 387 g/mol. The average Bonchev–Trinajstić information content (AvgIpc) is 3.23. The van der Waals surface area contributed by atoms with Crippen molar-refractivity contribution < 1.29 is 22.5 Å². The summed E-state index contributed by atoms with van der Waals surface area (Å²) in [4.78, 5) is 24.0. The van der Waals surface area contributed by atoms with Crippen molar-refractivity contribution in [1.82, 2.24) is 19.9 Å². The van der Waals surface area contributed by atoms with Crippen molar-refractivity contribution in [1.29, 1.82) is 0 Å². The van der Waals surface area contributed by atoms with Crippen molar-refractivity contribution in [3.63, 3.8) is 0 Å². The lowest BCUT2D eigenvalue weighted by atomic mass is 10.1. The maximum absolute atomic E-state index is 12.8. The molecule has 0 aliphatic carbocycles. The van der Waals surface area contributed by atoms with Crippen LogP contribution in [0.3, 0.4) is 0 Å². The molecule has 1 amide bonds. The molecule has 10 heteroatoms. The fourth-order valence-electron chi connectivity index (χ4n) is 2.93. The predicted octanol–water partition coefficient (Wildman–Crippen LogP) is 3.24. The van der Waals surface area contributed by atoms with Gasteiger partial charge < -0.3 is 14.3 Å². The molecule has 0 spiro atoms. The fraction of sp³-hybridized carbons (Fsp3) is 0.263. The number of amides is 1. The topological polar surface area (TPSA) is 74.8 Å². The number of hydrogen-bond acceptors (Lipinski definition) is 5. The Labute approximate surface area is 164 Å². The molecule has 0 saturated carbocycles. The average molecular weight is 405 g/mol. The third-order valence-corrected chi connectivity index (χ3v) is 4.33. The van der Waals surface area contributed by atoms with E-state index in [1.54, 1.807) is 23.1 Å². The molecule has 1 fully saturated rings. The molecule has 0 bridgehead atoms. The van der Waals surface area contributed by atoms with Gasteiger partial charge in [-0.2, -0.15) is 18.2 Å². The summed E-state index contributed by atoms with van der Waals surface area (Å²) in [6, 6.07) is 6.13. The molecule has 1 aromatic carbocycles. The molecule has 1 aliphatic heterocycles. The Kier molecular flexibility index (Phi) is 5.81. The highest BCUT2D eigenvalue weighted by atomic mass is 19.4. The van der Waals surface area contributed by atoms with Crippen LogP contribution in [0.25, 0.3) is 11.4 Å². The van der Waals surface area contributed by atoms with E-state index < -0.39 is 12.1 Å². The number of piperazine rings is 1. The van der Waals surface area contributed by atoms with Crippen LogP contribution >= 0.6 is 0 Å². The number of rotatable bonds is 4. The van der Waals surface area contributed by atoms with Gasteiger partial charge in [0.2, 0.25) is 5.82 Å². The van der Waals surface area contributed by atoms with Crippen molar-refractivity contribution in [3.8, 4) is 11.4 Å². The third kappa shape index (κ3) is 4.53. The quantitative estimate of drug-likeness (QED) is 0.577. The van der Waals surface area contributed by atoms with Gasteiger partial charge in [0.1, 0.15) is 5.84 Å². The molecule has 0 radical (unpaired) electrons. The predicted molar refractivity (Wildman–Crippen MR) is 100 cm³/mol.